The summed E-state index contributed by atoms with van der Waals surface area (Å²) in [6, 6.07) is 3.63. The lowest BCUT2D eigenvalue weighted by Crippen LogP contribution is -2.10. The lowest BCUT2D eigenvalue weighted by Gasteiger charge is -2.13. The van der Waals surface area contributed by atoms with Gasteiger partial charge in [0.25, 0.3) is 0 Å². The van der Waals surface area contributed by atoms with Crippen LogP contribution in [0.5, 0.6) is 0 Å². The number of hydrogen-bond donors (Lipinski definition) is 3. The van der Waals surface area contributed by atoms with Gasteiger partial charge in [0.2, 0.25) is 0 Å². The molecule has 5 nitrogen and oxygen atoms in total. The molecule has 1 aromatic carbocycles. The number of aliphatic hydroxyl groups is 1. The molecule has 0 saturated heterocycles. The normalized spacial score (nSPS) is 12.0. The summed E-state index contributed by atoms with van der Waals surface area (Å²) in [6.07, 6.45) is 1.92. The van der Waals surface area contributed by atoms with E-state index in [9.17, 15) is 4.79 Å². The van der Waals surface area contributed by atoms with E-state index in [0.717, 1.165) is 30.6 Å². The summed E-state index contributed by atoms with van der Waals surface area (Å²) in [7, 11) is 1.34. The van der Waals surface area contributed by atoms with Crippen molar-refractivity contribution < 1.29 is 14.6 Å². The van der Waals surface area contributed by atoms with Gasteiger partial charge in [-0.2, -0.15) is 0 Å². The van der Waals surface area contributed by atoms with E-state index < -0.39 is 5.97 Å². The van der Waals surface area contributed by atoms with E-state index in [-0.39, 0.29) is 6.61 Å². The number of ether oxygens (including phenoxy) is 1. The van der Waals surface area contributed by atoms with Gasteiger partial charge in [0.15, 0.2) is 0 Å². The Balaban J connectivity index is 2.67. The minimum Gasteiger partial charge on any atom is -0.465 e. The van der Waals surface area contributed by atoms with E-state index in [0.29, 0.717) is 17.2 Å². The molecule has 20 heavy (non-hydrogen) atoms. The predicted molar refractivity (Wildman–Crippen MR) is 80.9 cm³/mol. The summed E-state index contributed by atoms with van der Waals surface area (Å²) >= 11 is 0. The van der Waals surface area contributed by atoms with Gasteiger partial charge >= 0.3 is 5.97 Å². The van der Waals surface area contributed by atoms with Crippen LogP contribution in [0.1, 0.15) is 35.7 Å². The minimum absolute atomic E-state index is 0.216. The van der Waals surface area contributed by atoms with Crippen molar-refractivity contribution in [2.45, 2.75) is 26.7 Å². The Bertz CT molecular complexity index is 461. The first-order chi connectivity index (χ1) is 9.49. The highest BCUT2D eigenvalue weighted by atomic mass is 16.5. The van der Waals surface area contributed by atoms with Gasteiger partial charge in [-0.3, -0.25) is 0 Å². The number of hydrogen-bond acceptors (Lipinski definition) is 5. The van der Waals surface area contributed by atoms with Crippen molar-refractivity contribution in [3.63, 3.8) is 0 Å². The number of nitrogens with two attached hydrogens (primary N) is 1. The summed E-state index contributed by atoms with van der Waals surface area (Å²) in [5.41, 5.74) is 8.43. The number of nitrogen functional groups attached to an aromatic ring is 1. The van der Waals surface area contributed by atoms with Crippen LogP contribution in [-0.4, -0.2) is 31.3 Å². The molecule has 0 aliphatic heterocycles. The lowest BCUT2D eigenvalue weighted by atomic mass is 10.1. The summed E-state index contributed by atoms with van der Waals surface area (Å²) in [6.45, 7) is 4.88. The molecule has 1 unspecified atom stereocenters. The number of esters is 1. The highest BCUT2D eigenvalue weighted by molar-refractivity contribution is 5.97. The first kappa shape index (κ1) is 16.3. The zero-order chi connectivity index (χ0) is 15.1. The molecule has 0 bridgehead atoms. The molecule has 1 atom stereocenters. The molecule has 112 valence electrons. The van der Waals surface area contributed by atoms with Crippen LogP contribution in [0.2, 0.25) is 0 Å². The summed E-state index contributed by atoms with van der Waals surface area (Å²) in [5, 5.41) is 12.2. The fraction of sp³-hybridized carbons (Fsp3) is 0.533. The number of nitrogens with one attached hydrogen (secondary N) is 1. The van der Waals surface area contributed by atoms with Crippen LogP contribution >= 0.6 is 0 Å². The molecule has 0 radical (unpaired) electrons. The Morgan fingerprint density at radius 3 is 2.80 bits per heavy atom. The molecule has 5 heteroatoms. The van der Waals surface area contributed by atoms with E-state index in [2.05, 4.69) is 5.32 Å². The van der Waals surface area contributed by atoms with Gasteiger partial charge in [-0.15, -0.1) is 0 Å². The van der Waals surface area contributed by atoms with E-state index in [1.54, 1.807) is 6.07 Å². The van der Waals surface area contributed by atoms with Crippen LogP contribution in [0.3, 0.4) is 0 Å². The van der Waals surface area contributed by atoms with Gasteiger partial charge < -0.3 is 20.9 Å². The standard InChI is InChI=1S/C15H24N2O3/c1-10(9-18)5-4-6-17-12-7-11(2)14(16)13(8-12)15(19)20-3/h7-8,10,17-18H,4-6,9,16H2,1-3H3. The van der Waals surface area contributed by atoms with Crippen molar-refractivity contribution in [1.29, 1.82) is 0 Å². The van der Waals surface area contributed by atoms with Gasteiger partial charge in [0.1, 0.15) is 0 Å². The fourth-order valence-electron chi connectivity index (χ4n) is 1.95. The number of aryl methyl sites for hydroxylation is 1. The summed E-state index contributed by atoms with van der Waals surface area (Å²) in [4.78, 5) is 11.6. The van der Waals surface area contributed by atoms with Crippen molar-refractivity contribution in [2.24, 2.45) is 5.92 Å². The quantitative estimate of drug-likeness (QED) is 0.405. The number of anilines is 2. The molecule has 0 aliphatic carbocycles. The van der Waals surface area contributed by atoms with Crippen molar-refractivity contribution in [2.75, 3.05) is 31.3 Å². The molecular weight excluding hydrogens is 256 g/mol. The second kappa shape index (κ2) is 7.75. The summed E-state index contributed by atoms with van der Waals surface area (Å²) < 4.78 is 4.72. The average molecular weight is 280 g/mol. The van der Waals surface area contributed by atoms with Crippen LogP contribution in [-0.2, 0) is 4.74 Å². The van der Waals surface area contributed by atoms with E-state index in [1.807, 2.05) is 19.9 Å². The molecular formula is C15H24N2O3. The van der Waals surface area contributed by atoms with Gasteiger partial charge in [0.05, 0.1) is 12.7 Å². The molecule has 0 aromatic heterocycles. The monoisotopic (exact) mass is 280 g/mol. The minimum atomic E-state index is -0.428. The fourth-order valence-corrected chi connectivity index (χ4v) is 1.95. The Labute approximate surface area is 120 Å². The lowest BCUT2D eigenvalue weighted by molar-refractivity contribution is 0.0602. The molecule has 0 fully saturated rings. The van der Waals surface area contributed by atoms with Crippen molar-refractivity contribution >= 4 is 17.3 Å². The van der Waals surface area contributed by atoms with Gasteiger partial charge in [-0.05, 0) is 43.4 Å². The molecule has 0 spiro atoms. The van der Waals surface area contributed by atoms with Gasteiger partial charge in [0, 0.05) is 24.5 Å². The number of carbonyl (C=O) groups is 1. The molecule has 1 rings (SSSR count). The number of carbonyl (C=O) groups excluding carboxylic acids is 1. The SMILES string of the molecule is COC(=O)c1cc(NCCCC(C)CO)cc(C)c1N. The maximum atomic E-state index is 11.6. The molecule has 0 aliphatic rings. The van der Waals surface area contributed by atoms with Crippen molar-refractivity contribution in [1.82, 2.24) is 0 Å². The number of aliphatic hydroxyl groups excluding tert-OH is 1. The Hall–Kier alpha value is -1.75. The molecule has 0 amide bonds. The van der Waals surface area contributed by atoms with Gasteiger partial charge in [-0.25, -0.2) is 4.79 Å². The number of methoxy groups -OCH3 is 1. The van der Waals surface area contributed by atoms with Gasteiger partial charge in [-0.1, -0.05) is 6.92 Å². The molecule has 0 saturated carbocycles. The van der Waals surface area contributed by atoms with Crippen LogP contribution in [0.25, 0.3) is 0 Å². The maximum absolute atomic E-state index is 11.6. The Morgan fingerprint density at radius 2 is 2.20 bits per heavy atom. The third kappa shape index (κ3) is 4.42. The number of benzene rings is 1. The highest BCUT2D eigenvalue weighted by Gasteiger charge is 2.13. The average Bonchev–Trinajstić information content (AvgIpc) is 2.45. The first-order valence-electron chi connectivity index (χ1n) is 6.82. The maximum Gasteiger partial charge on any atom is 0.340 e. The zero-order valence-electron chi connectivity index (χ0n) is 12.4. The van der Waals surface area contributed by atoms with Crippen LogP contribution in [0.15, 0.2) is 12.1 Å². The second-order valence-corrected chi connectivity index (χ2v) is 5.10. The highest BCUT2D eigenvalue weighted by Crippen LogP contribution is 2.23. The molecule has 4 N–H and O–H groups in total. The van der Waals surface area contributed by atoms with Crippen molar-refractivity contribution in [3.05, 3.63) is 23.3 Å². The summed E-state index contributed by atoms with van der Waals surface area (Å²) in [5.74, 6) is -0.112. The van der Waals surface area contributed by atoms with Crippen LogP contribution in [0, 0.1) is 12.8 Å². The second-order valence-electron chi connectivity index (χ2n) is 5.10. The largest absolute Gasteiger partial charge is 0.465 e. The van der Waals surface area contributed by atoms with E-state index in [1.165, 1.54) is 7.11 Å². The van der Waals surface area contributed by atoms with E-state index in [4.69, 9.17) is 15.6 Å². The smallest absolute Gasteiger partial charge is 0.340 e. The topological polar surface area (TPSA) is 84.6 Å². The van der Waals surface area contributed by atoms with Crippen LogP contribution in [0.4, 0.5) is 11.4 Å². The predicted octanol–water partition coefficient (Wildman–Crippen LogP) is 2.18. The third-order valence-electron chi connectivity index (χ3n) is 3.31. The van der Waals surface area contributed by atoms with E-state index >= 15 is 0 Å². The van der Waals surface area contributed by atoms with Crippen LogP contribution < -0.4 is 11.1 Å². The Kier molecular flexibility index (Phi) is 6.31. The first-order valence-corrected chi connectivity index (χ1v) is 6.82. The Morgan fingerprint density at radius 1 is 1.50 bits per heavy atom. The van der Waals surface area contributed by atoms with Crippen molar-refractivity contribution in [3.8, 4) is 0 Å². The number of rotatable bonds is 7. The molecule has 1 aromatic rings. The molecule has 0 heterocycles. The zero-order valence-corrected chi connectivity index (χ0v) is 12.4. The third-order valence-corrected chi connectivity index (χ3v) is 3.31.